The maximum atomic E-state index is 13.1. The zero-order valence-corrected chi connectivity index (χ0v) is 17.7. The molecule has 0 aliphatic carbocycles. The first-order valence-electron chi connectivity index (χ1n) is 10.1. The fourth-order valence-corrected chi connectivity index (χ4v) is 3.63. The predicted molar refractivity (Wildman–Crippen MR) is 120 cm³/mol. The number of aryl methyl sites for hydroxylation is 1. The number of nitrogens with two attached hydrogens (primary N) is 2. The average Bonchev–Trinajstić information content (AvgIpc) is 3.29. The Hall–Kier alpha value is -4.11. The fraction of sp³-hybridized carbons (Fsp3) is 0.174. The van der Waals surface area contributed by atoms with Crippen molar-refractivity contribution in [2.75, 3.05) is 0 Å². The van der Waals surface area contributed by atoms with Gasteiger partial charge >= 0.3 is 0 Å². The molecular weight excluding hydrogens is 406 g/mol. The van der Waals surface area contributed by atoms with Crippen LogP contribution in [0.5, 0.6) is 0 Å². The summed E-state index contributed by atoms with van der Waals surface area (Å²) >= 11 is 0. The van der Waals surface area contributed by atoms with E-state index in [1.54, 1.807) is 6.07 Å². The summed E-state index contributed by atoms with van der Waals surface area (Å²) in [6.07, 6.45) is 1.38. The molecule has 9 nitrogen and oxygen atoms in total. The van der Waals surface area contributed by atoms with Crippen molar-refractivity contribution in [2.45, 2.75) is 26.4 Å². The van der Waals surface area contributed by atoms with Crippen molar-refractivity contribution < 1.29 is 9.59 Å². The second kappa shape index (κ2) is 8.56. The average molecular weight is 429 g/mol. The van der Waals surface area contributed by atoms with Crippen molar-refractivity contribution in [2.24, 2.45) is 11.5 Å². The SMILES string of the molecule is Cc1ccc(CN)cc1C(=O)NC(C)c1cc(-n2cnnc2C(N)=O)nc2ccccc12. The highest BCUT2D eigenvalue weighted by atomic mass is 16.2. The Morgan fingerprint density at radius 3 is 2.69 bits per heavy atom. The van der Waals surface area contributed by atoms with Crippen LogP contribution < -0.4 is 16.8 Å². The van der Waals surface area contributed by atoms with Crippen LogP contribution in [0, 0.1) is 6.92 Å². The minimum absolute atomic E-state index is 0.0235. The fourth-order valence-electron chi connectivity index (χ4n) is 3.63. The molecule has 2 heterocycles. The van der Waals surface area contributed by atoms with Crippen molar-refractivity contribution in [3.63, 3.8) is 0 Å². The summed E-state index contributed by atoms with van der Waals surface area (Å²) in [5, 5.41) is 11.5. The van der Waals surface area contributed by atoms with E-state index in [2.05, 4.69) is 20.5 Å². The third-order valence-corrected chi connectivity index (χ3v) is 5.35. The van der Waals surface area contributed by atoms with Crippen LogP contribution in [0.15, 0.2) is 54.9 Å². The minimum Gasteiger partial charge on any atom is -0.363 e. The summed E-state index contributed by atoms with van der Waals surface area (Å²) < 4.78 is 1.43. The summed E-state index contributed by atoms with van der Waals surface area (Å²) in [6.45, 7) is 4.14. The maximum Gasteiger partial charge on any atom is 0.287 e. The van der Waals surface area contributed by atoms with Crippen LogP contribution in [0.2, 0.25) is 0 Å². The number of benzene rings is 2. The third-order valence-electron chi connectivity index (χ3n) is 5.35. The van der Waals surface area contributed by atoms with Gasteiger partial charge in [0.2, 0.25) is 5.82 Å². The van der Waals surface area contributed by atoms with E-state index < -0.39 is 5.91 Å². The first kappa shape index (κ1) is 21.1. The van der Waals surface area contributed by atoms with E-state index in [-0.39, 0.29) is 17.8 Å². The second-order valence-corrected chi connectivity index (χ2v) is 7.52. The Labute approximate surface area is 184 Å². The minimum atomic E-state index is -0.712. The van der Waals surface area contributed by atoms with E-state index in [1.165, 1.54) is 10.9 Å². The van der Waals surface area contributed by atoms with E-state index in [0.29, 0.717) is 23.4 Å². The molecular formula is C23H23N7O2. The molecule has 2 aromatic heterocycles. The van der Waals surface area contributed by atoms with Gasteiger partial charge in [0.15, 0.2) is 0 Å². The first-order valence-corrected chi connectivity index (χ1v) is 10.1. The van der Waals surface area contributed by atoms with Gasteiger partial charge in [-0.3, -0.25) is 14.2 Å². The third kappa shape index (κ3) is 3.93. The lowest BCUT2D eigenvalue weighted by Gasteiger charge is -2.19. The number of nitrogens with zero attached hydrogens (tertiary/aromatic N) is 4. The molecule has 0 radical (unpaired) electrons. The Bertz CT molecular complexity index is 1330. The zero-order chi connectivity index (χ0) is 22.8. The standard InChI is InChI=1S/C23H23N7O2/c1-13-7-8-15(11-24)9-17(13)23(32)27-14(2)18-10-20(28-19-6-4-3-5-16(18)19)30-12-26-29-22(30)21(25)31/h3-10,12,14H,11,24H2,1-2H3,(H2,25,31)(H,27,32). The predicted octanol–water partition coefficient (Wildman–Crippen LogP) is 2.17. The monoisotopic (exact) mass is 429 g/mol. The topological polar surface area (TPSA) is 142 Å². The maximum absolute atomic E-state index is 13.1. The van der Waals surface area contributed by atoms with Gasteiger partial charge in [0.05, 0.1) is 11.6 Å². The summed E-state index contributed by atoms with van der Waals surface area (Å²) in [5.74, 6) is -0.505. The number of para-hydroxylation sites is 1. The molecule has 0 aliphatic heterocycles. The largest absolute Gasteiger partial charge is 0.363 e. The van der Waals surface area contributed by atoms with Gasteiger partial charge in [-0.2, -0.15) is 0 Å². The van der Waals surface area contributed by atoms with Crippen LogP contribution in [0.3, 0.4) is 0 Å². The molecule has 0 saturated carbocycles. The van der Waals surface area contributed by atoms with Crippen LogP contribution in [0.1, 0.15) is 50.6 Å². The normalized spacial score (nSPS) is 12.0. The molecule has 9 heteroatoms. The Balaban J connectivity index is 1.75. The summed E-state index contributed by atoms with van der Waals surface area (Å²) in [7, 11) is 0. The van der Waals surface area contributed by atoms with E-state index >= 15 is 0 Å². The number of carbonyl (C=O) groups excluding carboxylic acids is 2. The number of aromatic nitrogens is 4. The molecule has 0 bridgehead atoms. The Morgan fingerprint density at radius 1 is 1.16 bits per heavy atom. The first-order chi connectivity index (χ1) is 15.4. The number of pyridine rings is 1. The van der Waals surface area contributed by atoms with Crippen molar-refractivity contribution in [1.82, 2.24) is 25.1 Å². The van der Waals surface area contributed by atoms with Crippen LogP contribution in [0.25, 0.3) is 16.7 Å². The van der Waals surface area contributed by atoms with Crippen molar-refractivity contribution in [3.8, 4) is 5.82 Å². The second-order valence-electron chi connectivity index (χ2n) is 7.52. The molecule has 4 rings (SSSR count). The molecule has 0 fully saturated rings. The lowest BCUT2D eigenvalue weighted by molar-refractivity contribution is 0.0938. The van der Waals surface area contributed by atoms with Gasteiger partial charge in [0.25, 0.3) is 11.8 Å². The molecule has 0 saturated heterocycles. The summed E-state index contributed by atoms with van der Waals surface area (Å²) in [6, 6.07) is 14.6. The van der Waals surface area contributed by atoms with Gasteiger partial charge < -0.3 is 16.8 Å². The Morgan fingerprint density at radius 2 is 1.94 bits per heavy atom. The van der Waals surface area contributed by atoms with E-state index in [9.17, 15) is 9.59 Å². The molecule has 2 amide bonds. The number of rotatable bonds is 6. The smallest absolute Gasteiger partial charge is 0.287 e. The molecule has 5 N–H and O–H groups in total. The molecule has 0 aliphatic rings. The van der Waals surface area contributed by atoms with Crippen molar-refractivity contribution in [3.05, 3.63) is 82.9 Å². The number of amides is 2. The summed E-state index contributed by atoms with van der Waals surface area (Å²) in [4.78, 5) is 29.4. The summed E-state index contributed by atoms with van der Waals surface area (Å²) in [5.41, 5.74) is 15.0. The Kier molecular flexibility index (Phi) is 5.65. The van der Waals surface area contributed by atoms with Gasteiger partial charge in [-0.1, -0.05) is 30.3 Å². The van der Waals surface area contributed by atoms with Gasteiger partial charge in [-0.05, 0) is 48.7 Å². The van der Waals surface area contributed by atoms with Crippen LogP contribution >= 0.6 is 0 Å². The lowest BCUT2D eigenvalue weighted by atomic mass is 10.0. The molecule has 1 atom stereocenters. The number of carbonyl (C=O) groups is 2. The highest BCUT2D eigenvalue weighted by Gasteiger charge is 2.19. The molecule has 0 spiro atoms. The molecule has 2 aromatic carbocycles. The number of fused-ring (bicyclic) bond motifs is 1. The molecule has 162 valence electrons. The van der Waals surface area contributed by atoms with Crippen LogP contribution in [0.4, 0.5) is 0 Å². The van der Waals surface area contributed by atoms with E-state index in [1.807, 2.05) is 56.3 Å². The highest BCUT2D eigenvalue weighted by molar-refractivity contribution is 5.96. The van der Waals surface area contributed by atoms with Crippen molar-refractivity contribution >= 4 is 22.7 Å². The number of hydrogen-bond donors (Lipinski definition) is 3. The molecule has 1 unspecified atom stereocenters. The zero-order valence-electron chi connectivity index (χ0n) is 17.7. The lowest BCUT2D eigenvalue weighted by Crippen LogP contribution is -2.28. The van der Waals surface area contributed by atoms with Gasteiger partial charge in [0.1, 0.15) is 12.1 Å². The molecule has 32 heavy (non-hydrogen) atoms. The van der Waals surface area contributed by atoms with Gasteiger partial charge in [-0.25, -0.2) is 4.98 Å². The van der Waals surface area contributed by atoms with Crippen molar-refractivity contribution in [1.29, 1.82) is 0 Å². The van der Waals surface area contributed by atoms with Gasteiger partial charge in [-0.15, -0.1) is 10.2 Å². The van der Waals surface area contributed by atoms with E-state index in [0.717, 1.165) is 22.1 Å². The van der Waals surface area contributed by atoms with E-state index in [4.69, 9.17) is 11.5 Å². The quantitative estimate of drug-likeness (QED) is 0.429. The molecule has 4 aromatic rings. The van der Waals surface area contributed by atoms with Crippen LogP contribution in [-0.2, 0) is 6.54 Å². The van der Waals surface area contributed by atoms with Crippen LogP contribution in [-0.4, -0.2) is 31.6 Å². The number of hydrogen-bond acceptors (Lipinski definition) is 6. The number of primary amides is 1. The number of nitrogens with one attached hydrogen (secondary N) is 1. The van der Waals surface area contributed by atoms with Gasteiger partial charge in [0, 0.05) is 17.5 Å². The highest BCUT2D eigenvalue weighted by Crippen LogP contribution is 2.26.